The molecule has 4 nitrogen and oxygen atoms in total. The zero-order valence-electron chi connectivity index (χ0n) is 12.9. The molecule has 0 radical (unpaired) electrons. The second-order valence-electron chi connectivity index (χ2n) is 5.15. The van der Waals surface area contributed by atoms with Gasteiger partial charge in [0, 0.05) is 12.0 Å². The minimum Gasteiger partial charge on any atom is -0.465 e. The van der Waals surface area contributed by atoms with Crippen molar-refractivity contribution in [3.63, 3.8) is 0 Å². The van der Waals surface area contributed by atoms with E-state index in [0.717, 1.165) is 5.57 Å². The van der Waals surface area contributed by atoms with Crippen LogP contribution in [0.2, 0.25) is 0 Å². The van der Waals surface area contributed by atoms with Crippen LogP contribution in [0.25, 0.3) is 0 Å². The Morgan fingerprint density at radius 1 is 1.35 bits per heavy atom. The molecular formula is C19H18O4. The van der Waals surface area contributed by atoms with E-state index in [1.54, 1.807) is 42.5 Å². The van der Waals surface area contributed by atoms with Crippen molar-refractivity contribution < 1.29 is 19.4 Å². The number of carbonyl (C=O) groups is 2. The van der Waals surface area contributed by atoms with Gasteiger partial charge in [0.05, 0.1) is 7.11 Å². The molecule has 1 unspecified atom stereocenters. The van der Waals surface area contributed by atoms with Crippen LogP contribution in [0.1, 0.15) is 6.42 Å². The van der Waals surface area contributed by atoms with E-state index in [9.17, 15) is 14.7 Å². The molecule has 0 aliphatic heterocycles. The Balaban J connectivity index is 2.69. The van der Waals surface area contributed by atoms with E-state index in [1.165, 1.54) is 13.2 Å². The SMILES string of the molecule is C=C\C=C/C1=C/C2=C(C(=O)OC)C(=O)CC2(O)/C=C/C=C\C=C\1. The van der Waals surface area contributed by atoms with E-state index >= 15 is 0 Å². The van der Waals surface area contributed by atoms with Crippen molar-refractivity contribution in [3.8, 4) is 0 Å². The molecule has 2 aliphatic carbocycles. The molecule has 0 bridgehead atoms. The molecule has 0 saturated carbocycles. The van der Waals surface area contributed by atoms with Gasteiger partial charge in [-0.25, -0.2) is 4.79 Å². The number of rotatable bonds is 3. The summed E-state index contributed by atoms with van der Waals surface area (Å²) in [6.45, 7) is 3.62. The van der Waals surface area contributed by atoms with Crippen molar-refractivity contribution in [1.29, 1.82) is 0 Å². The van der Waals surface area contributed by atoms with Crippen LogP contribution in [0, 0.1) is 0 Å². The van der Waals surface area contributed by atoms with Crippen molar-refractivity contribution in [2.24, 2.45) is 0 Å². The first kappa shape index (κ1) is 16.6. The van der Waals surface area contributed by atoms with Gasteiger partial charge in [0.1, 0.15) is 11.2 Å². The lowest BCUT2D eigenvalue weighted by Gasteiger charge is -2.20. The summed E-state index contributed by atoms with van der Waals surface area (Å²) >= 11 is 0. The fourth-order valence-corrected chi connectivity index (χ4v) is 2.47. The molecule has 0 amide bonds. The summed E-state index contributed by atoms with van der Waals surface area (Å²) in [4.78, 5) is 24.2. The number of esters is 1. The quantitative estimate of drug-likeness (QED) is 0.494. The van der Waals surface area contributed by atoms with E-state index in [0.29, 0.717) is 0 Å². The second-order valence-corrected chi connectivity index (χ2v) is 5.15. The Kier molecular flexibility index (Phi) is 5.09. The van der Waals surface area contributed by atoms with Gasteiger partial charge in [-0.3, -0.25) is 4.79 Å². The number of hydrogen-bond acceptors (Lipinski definition) is 4. The largest absolute Gasteiger partial charge is 0.465 e. The first-order valence-electron chi connectivity index (χ1n) is 7.14. The minimum absolute atomic E-state index is 0.109. The molecule has 0 aromatic rings. The van der Waals surface area contributed by atoms with Gasteiger partial charge < -0.3 is 9.84 Å². The molecule has 2 aliphatic rings. The maximum absolute atomic E-state index is 12.2. The average Bonchev–Trinajstić information content (AvgIpc) is 2.78. The van der Waals surface area contributed by atoms with Crippen molar-refractivity contribution >= 4 is 11.8 Å². The average molecular weight is 310 g/mol. The van der Waals surface area contributed by atoms with Crippen LogP contribution in [-0.2, 0) is 14.3 Å². The number of fused-ring (bicyclic) bond motifs is 1. The molecule has 1 N–H and O–H groups in total. The summed E-state index contributed by atoms with van der Waals surface area (Å²) in [6, 6.07) is 0. The van der Waals surface area contributed by atoms with Gasteiger partial charge in [0.2, 0.25) is 0 Å². The second kappa shape index (κ2) is 7.03. The fraction of sp³-hybridized carbons (Fsp3) is 0.158. The lowest BCUT2D eigenvalue weighted by atomic mass is 9.91. The summed E-state index contributed by atoms with van der Waals surface area (Å²) < 4.78 is 4.69. The molecule has 0 fully saturated rings. The standard InChI is InChI=1S/C19H18O4/c1-3-4-9-14-10-7-5-6-8-11-19(22)13-16(20)17(15(19)12-14)18(21)23-2/h3-12,22H,1,13H2,2H3/b6-5-,9-4-,10-7+,11-8+,14-12-. The molecule has 0 aromatic heterocycles. The zero-order valence-corrected chi connectivity index (χ0v) is 12.9. The van der Waals surface area contributed by atoms with Gasteiger partial charge in [-0.2, -0.15) is 0 Å². The highest BCUT2D eigenvalue weighted by atomic mass is 16.5. The number of ketones is 1. The van der Waals surface area contributed by atoms with E-state index < -0.39 is 17.4 Å². The third-order valence-corrected chi connectivity index (χ3v) is 3.56. The predicted molar refractivity (Wildman–Crippen MR) is 88.5 cm³/mol. The van der Waals surface area contributed by atoms with Crippen LogP contribution in [0.4, 0.5) is 0 Å². The third-order valence-electron chi connectivity index (χ3n) is 3.56. The van der Waals surface area contributed by atoms with Gasteiger partial charge in [-0.15, -0.1) is 0 Å². The van der Waals surface area contributed by atoms with Gasteiger partial charge >= 0.3 is 5.97 Å². The van der Waals surface area contributed by atoms with E-state index in [2.05, 4.69) is 6.58 Å². The molecule has 23 heavy (non-hydrogen) atoms. The number of methoxy groups -OCH3 is 1. The Hall–Kier alpha value is -2.72. The fourth-order valence-electron chi connectivity index (χ4n) is 2.47. The van der Waals surface area contributed by atoms with Gasteiger partial charge in [-0.1, -0.05) is 55.2 Å². The maximum Gasteiger partial charge on any atom is 0.341 e. The number of Topliss-reactive ketones (excluding diaryl/α,β-unsaturated/α-hetero) is 1. The van der Waals surface area contributed by atoms with Crippen LogP contribution in [0.3, 0.4) is 0 Å². The predicted octanol–water partition coefficient (Wildman–Crippen LogP) is 2.51. The molecule has 0 heterocycles. The van der Waals surface area contributed by atoms with Crippen LogP contribution in [-0.4, -0.2) is 29.6 Å². The minimum atomic E-state index is -1.52. The molecule has 118 valence electrons. The molecular weight excluding hydrogens is 292 g/mol. The molecule has 0 spiro atoms. The van der Waals surface area contributed by atoms with Crippen LogP contribution >= 0.6 is 0 Å². The van der Waals surface area contributed by atoms with E-state index in [4.69, 9.17) is 4.74 Å². The number of allylic oxidation sites excluding steroid dienone is 9. The summed E-state index contributed by atoms with van der Waals surface area (Å²) in [5.41, 5.74) is -0.672. The smallest absolute Gasteiger partial charge is 0.341 e. The molecule has 1 atom stereocenters. The zero-order chi connectivity index (χ0) is 16.9. The lowest BCUT2D eigenvalue weighted by Crippen LogP contribution is -2.25. The van der Waals surface area contributed by atoms with Crippen molar-refractivity contribution in [1.82, 2.24) is 0 Å². The van der Waals surface area contributed by atoms with E-state index in [1.807, 2.05) is 12.2 Å². The highest BCUT2D eigenvalue weighted by Gasteiger charge is 2.44. The van der Waals surface area contributed by atoms with Crippen LogP contribution in [0.15, 0.2) is 84.1 Å². The van der Waals surface area contributed by atoms with Crippen molar-refractivity contribution in [2.75, 3.05) is 7.11 Å². The number of carbonyl (C=O) groups excluding carboxylic acids is 2. The number of hydrogen-bond donors (Lipinski definition) is 1. The third kappa shape index (κ3) is 3.55. The Labute approximate surface area is 135 Å². The Bertz CT molecular complexity index is 714. The Morgan fingerprint density at radius 3 is 2.78 bits per heavy atom. The topological polar surface area (TPSA) is 63.6 Å². The van der Waals surface area contributed by atoms with Gasteiger partial charge in [0.15, 0.2) is 5.78 Å². The summed E-state index contributed by atoms with van der Waals surface area (Å²) in [6.07, 6.45) is 16.9. The highest BCUT2D eigenvalue weighted by Crippen LogP contribution is 2.37. The van der Waals surface area contributed by atoms with Gasteiger partial charge in [0.25, 0.3) is 0 Å². The normalized spacial score (nSPS) is 30.3. The van der Waals surface area contributed by atoms with Crippen molar-refractivity contribution in [2.45, 2.75) is 12.0 Å². The molecule has 0 saturated heterocycles. The first-order chi connectivity index (χ1) is 11.0. The number of ether oxygens (including phenoxy) is 1. The maximum atomic E-state index is 12.2. The van der Waals surface area contributed by atoms with Crippen LogP contribution < -0.4 is 0 Å². The molecule has 2 rings (SSSR count). The van der Waals surface area contributed by atoms with E-state index in [-0.39, 0.29) is 17.6 Å². The molecule has 4 heteroatoms. The monoisotopic (exact) mass is 310 g/mol. The van der Waals surface area contributed by atoms with Gasteiger partial charge in [-0.05, 0) is 17.7 Å². The summed E-state index contributed by atoms with van der Waals surface area (Å²) in [7, 11) is 1.21. The Morgan fingerprint density at radius 2 is 2.09 bits per heavy atom. The lowest BCUT2D eigenvalue weighted by molar-refractivity contribution is -0.137. The molecule has 0 aromatic carbocycles. The van der Waals surface area contributed by atoms with Crippen LogP contribution in [0.5, 0.6) is 0 Å². The first-order valence-corrected chi connectivity index (χ1v) is 7.14. The summed E-state index contributed by atoms with van der Waals surface area (Å²) in [5, 5.41) is 10.8. The summed E-state index contributed by atoms with van der Waals surface area (Å²) in [5.74, 6) is -1.18. The highest BCUT2D eigenvalue weighted by molar-refractivity contribution is 6.21. The van der Waals surface area contributed by atoms with Crippen molar-refractivity contribution in [3.05, 3.63) is 84.1 Å². The number of aliphatic hydroxyl groups is 1.